The van der Waals surface area contributed by atoms with E-state index in [9.17, 15) is 23.8 Å². The van der Waals surface area contributed by atoms with Crippen molar-refractivity contribution < 1.29 is 28.0 Å². The van der Waals surface area contributed by atoms with Crippen molar-refractivity contribution in [1.29, 1.82) is 0 Å². The quantitative estimate of drug-likeness (QED) is 0.0433. The molecule has 43 heavy (non-hydrogen) atoms. The van der Waals surface area contributed by atoms with Crippen LogP contribution in [0.2, 0.25) is 0 Å². The third kappa shape index (κ3) is 16.2. The molecule has 4 N–H and O–H groups in total. The van der Waals surface area contributed by atoms with Crippen molar-refractivity contribution in [2.45, 2.75) is 117 Å². The largest absolute Gasteiger partial charge is 0.472 e. The number of phosphoric ester groups is 1. The second-order valence-electron chi connectivity index (χ2n) is 11.2. The van der Waals surface area contributed by atoms with Gasteiger partial charge < -0.3 is 25.6 Å². The average molecular weight is 632 g/mol. The number of carbonyl (C=O) groups is 1. The smallest absolute Gasteiger partial charge is 0.465 e. The van der Waals surface area contributed by atoms with Gasteiger partial charge in [0.2, 0.25) is 0 Å². The van der Waals surface area contributed by atoms with Crippen LogP contribution in [-0.2, 0) is 23.1 Å². The maximum atomic E-state index is 12.7. The Morgan fingerprint density at radius 1 is 0.814 bits per heavy atom. The highest BCUT2D eigenvalue weighted by atomic mass is 31.2. The molecule has 0 spiro atoms. The first-order valence-electron chi connectivity index (χ1n) is 16.5. The second kappa shape index (κ2) is 23.6. The number of esters is 1. The van der Waals surface area contributed by atoms with E-state index in [0.717, 1.165) is 51.4 Å². The topological polar surface area (TPSA) is 157 Å². The lowest BCUT2D eigenvalue weighted by Crippen LogP contribution is -2.45. The molecule has 1 rings (SSSR count). The fourth-order valence-corrected chi connectivity index (χ4v) is 5.85. The van der Waals surface area contributed by atoms with Crippen LogP contribution in [0.25, 0.3) is 0 Å². The van der Waals surface area contributed by atoms with Crippen LogP contribution in [0.4, 0.5) is 11.4 Å². The zero-order valence-corrected chi connectivity index (χ0v) is 27.8. The Kier molecular flexibility index (Phi) is 21.5. The molecule has 0 bridgehead atoms. The Hall–Kier alpha value is -1.78. The van der Waals surface area contributed by atoms with Crippen LogP contribution < -0.4 is 26.8 Å². The van der Waals surface area contributed by atoms with Crippen LogP contribution in [0.3, 0.4) is 0 Å². The summed E-state index contributed by atoms with van der Waals surface area (Å²) in [5, 5.41) is 2.70. The lowest BCUT2D eigenvalue weighted by atomic mass is 9.94. The normalized spacial score (nSPS) is 13.6. The number of hydrogen-bond acceptors (Lipinski definition) is 10. The molecule has 2 atom stereocenters. The number of nitrogens with zero attached hydrogens (tertiary/aromatic N) is 1. The molecular formula is C31H58N3O8P. The number of phosphoric acid groups is 1. The minimum Gasteiger partial charge on any atom is -0.465 e. The predicted octanol–water partition coefficient (Wildman–Crippen LogP) is 5.66. The predicted molar refractivity (Wildman–Crippen MR) is 174 cm³/mol. The molecule has 0 saturated carbocycles. The highest BCUT2D eigenvalue weighted by molar-refractivity contribution is 7.47. The first-order chi connectivity index (χ1) is 20.7. The molecule has 0 aliphatic rings. The van der Waals surface area contributed by atoms with Gasteiger partial charge in [0.25, 0.3) is 10.9 Å². The molecule has 2 unspecified atom stereocenters. The number of anilines is 2. The van der Waals surface area contributed by atoms with Gasteiger partial charge in [0.1, 0.15) is 11.4 Å². The molecular weight excluding hydrogens is 573 g/mol. The molecule has 0 saturated heterocycles. The number of hydrogen-bond donors (Lipinski definition) is 3. The van der Waals surface area contributed by atoms with Gasteiger partial charge in [0.15, 0.2) is 0 Å². The van der Waals surface area contributed by atoms with E-state index in [4.69, 9.17) is 19.5 Å². The SMILES string of the molecule is CCCCCCCCC(CCCCCC)C(=O)OCCCCCCOP(=O)(O)OCCN(CCN)c1c(NC)c(=O)c1=O. The van der Waals surface area contributed by atoms with Crippen molar-refractivity contribution in [2.24, 2.45) is 11.7 Å². The summed E-state index contributed by atoms with van der Waals surface area (Å²) in [7, 11) is -2.72. The van der Waals surface area contributed by atoms with E-state index in [0.29, 0.717) is 13.0 Å². The number of carbonyl (C=O) groups excluding carboxylic acids is 1. The number of unbranched alkanes of at least 4 members (excludes halogenated alkanes) is 11. The summed E-state index contributed by atoms with van der Waals surface area (Å²) in [5.41, 5.74) is 4.80. The minimum absolute atomic E-state index is 0.00342. The molecule has 0 radical (unpaired) electrons. The Bertz CT molecular complexity index is 998. The Balaban J connectivity index is 2.26. The zero-order valence-electron chi connectivity index (χ0n) is 26.9. The molecule has 12 heteroatoms. The van der Waals surface area contributed by atoms with E-state index in [1.165, 1.54) is 44.9 Å². The molecule has 1 aromatic carbocycles. The summed E-state index contributed by atoms with van der Waals surface area (Å²) in [6, 6.07) is 0. The first kappa shape index (κ1) is 39.2. The van der Waals surface area contributed by atoms with Gasteiger partial charge in [-0.25, -0.2) is 4.57 Å². The average Bonchev–Trinajstić information content (AvgIpc) is 2.98. The molecule has 250 valence electrons. The van der Waals surface area contributed by atoms with Gasteiger partial charge in [-0.1, -0.05) is 84.5 Å². The van der Waals surface area contributed by atoms with E-state index >= 15 is 0 Å². The Morgan fingerprint density at radius 3 is 1.95 bits per heavy atom. The van der Waals surface area contributed by atoms with Crippen LogP contribution in [-0.4, -0.2) is 57.4 Å². The highest BCUT2D eigenvalue weighted by Gasteiger charge is 2.26. The van der Waals surface area contributed by atoms with Gasteiger partial charge >= 0.3 is 13.8 Å². The lowest BCUT2D eigenvalue weighted by molar-refractivity contribution is -0.149. The zero-order chi connectivity index (χ0) is 31.9. The fourth-order valence-electron chi connectivity index (χ4n) is 5.11. The standard InChI is InChI=1S/C31H58N3O8P/c1-4-6-8-10-11-15-19-26(18-14-9-7-5-2)31(37)40-23-16-12-13-17-24-41-43(38,39)42-25-22-34(21-20-32)28-27(33-3)29(35)30(28)36/h26,33H,4-25,32H2,1-3H3,(H,38,39). The van der Waals surface area contributed by atoms with Gasteiger partial charge in [-0.05, 0) is 32.1 Å². The van der Waals surface area contributed by atoms with Crippen LogP contribution in [0.5, 0.6) is 0 Å². The minimum atomic E-state index is -4.27. The second-order valence-corrected chi connectivity index (χ2v) is 12.7. The molecule has 0 aromatic heterocycles. The van der Waals surface area contributed by atoms with Gasteiger partial charge in [-0.15, -0.1) is 0 Å². The van der Waals surface area contributed by atoms with Crippen molar-refractivity contribution in [3.63, 3.8) is 0 Å². The van der Waals surface area contributed by atoms with E-state index in [-0.39, 0.29) is 56.1 Å². The molecule has 0 aliphatic carbocycles. The maximum Gasteiger partial charge on any atom is 0.472 e. The van der Waals surface area contributed by atoms with E-state index in [1.54, 1.807) is 11.9 Å². The summed E-state index contributed by atoms with van der Waals surface area (Å²) in [6.07, 6.45) is 16.6. The Labute approximate surface area is 258 Å². The fraction of sp³-hybridized carbons (Fsp3) is 0.839. The van der Waals surface area contributed by atoms with Gasteiger partial charge in [-0.3, -0.25) is 23.4 Å². The van der Waals surface area contributed by atoms with Gasteiger partial charge in [0, 0.05) is 26.7 Å². The Morgan fingerprint density at radius 2 is 1.35 bits per heavy atom. The number of nitrogens with two attached hydrogens (primary N) is 1. The summed E-state index contributed by atoms with van der Waals surface area (Å²) in [6.45, 7) is 5.28. The first-order valence-corrected chi connectivity index (χ1v) is 18.0. The monoisotopic (exact) mass is 631 g/mol. The van der Waals surface area contributed by atoms with Crippen molar-refractivity contribution in [2.75, 3.05) is 56.7 Å². The summed E-state index contributed by atoms with van der Waals surface area (Å²) in [5.74, 6) is -0.0696. The summed E-state index contributed by atoms with van der Waals surface area (Å²) in [4.78, 5) is 47.9. The number of ether oxygens (including phenoxy) is 1. The van der Waals surface area contributed by atoms with Crippen molar-refractivity contribution in [3.8, 4) is 0 Å². The van der Waals surface area contributed by atoms with Crippen molar-refractivity contribution in [1.82, 2.24) is 0 Å². The van der Waals surface area contributed by atoms with Crippen molar-refractivity contribution >= 4 is 25.2 Å². The number of rotatable bonds is 29. The highest BCUT2D eigenvalue weighted by Crippen LogP contribution is 2.43. The molecule has 0 heterocycles. The molecule has 11 nitrogen and oxygen atoms in total. The molecule has 0 fully saturated rings. The van der Waals surface area contributed by atoms with Gasteiger partial charge in [0.05, 0.1) is 25.7 Å². The third-order valence-corrected chi connectivity index (χ3v) is 8.67. The van der Waals surface area contributed by atoms with Crippen molar-refractivity contribution in [3.05, 3.63) is 20.4 Å². The summed E-state index contributed by atoms with van der Waals surface area (Å²) >= 11 is 0. The van der Waals surface area contributed by atoms with Crippen LogP contribution in [0, 0.1) is 5.92 Å². The van der Waals surface area contributed by atoms with Crippen LogP contribution in [0.1, 0.15) is 117 Å². The molecule has 0 aliphatic heterocycles. The maximum absolute atomic E-state index is 12.7. The van der Waals surface area contributed by atoms with E-state index in [2.05, 4.69) is 19.2 Å². The molecule has 0 amide bonds. The van der Waals surface area contributed by atoms with E-state index < -0.39 is 18.7 Å². The van der Waals surface area contributed by atoms with Crippen LogP contribution in [0.15, 0.2) is 9.59 Å². The van der Waals surface area contributed by atoms with Crippen LogP contribution >= 0.6 is 7.82 Å². The third-order valence-electron chi connectivity index (χ3n) is 7.65. The summed E-state index contributed by atoms with van der Waals surface area (Å²) < 4.78 is 28.0. The van der Waals surface area contributed by atoms with Gasteiger partial charge in [-0.2, -0.15) is 0 Å². The molecule has 1 aromatic rings. The number of nitrogens with one attached hydrogen (secondary N) is 1. The lowest BCUT2D eigenvalue weighted by Gasteiger charge is -2.27. The van der Waals surface area contributed by atoms with E-state index in [1.807, 2.05) is 0 Å².